The van der Waals surface area contributed by atoms with Crippen LogP contribution in [0, 0.1) is 10.1 Å². The van der Waals surface area contributed by atoms with Crippen LogP contribution in [0.3, 0.4) is 0 Å². The van der Waals surface area contributed by atoms with Gasteiger partial charge in [0.15, 0.2) is 11.5 Å². The van der Waals surface area contributed by atoms with Crippen molar-refractivity contribution >= 4 is 11.7 Å². The zero-order chi connectivity index (χ0) is 16.5. The molecule has 1 aliphatic rings. The van der Waals surface area contributed by atoms with E-state index >= 15 is 0 Å². The number of nitrogens with zero attached hydrogens (tertiary/aromatic N) is 1. The number of halogens is 2. The topological polar surface area (TPSA) is 114 Å². The van der Waals surface area contributed by atoms with Crippen molar-refractivity contribution in [3.63, 3.8) is 0 Å². The molecule has 0 aliphatic carbocycles. The van der Waals surface area contributed by atoms with Gasteiger partial charge in [0.2, 0.25) is 6.79 Å². The number of nitrogens with two attached hydrogens (primary N) is 1. The van der Waals surface area contributed by atoms with Crippen LogP contribution in [0.25, 0.3) is 0 Å². The number of benzene rings is 1. The summed E-state index contributed by atoms with van der Waals surface area (Å²) < 4.78 is 42.1. The van der Waals surface area contributed by atoms with Crippen molar-refractivity contribution in [1.29, 1.82) is 0 Å². The summed E-state index contributed by atoms with van der Waals surface area (Å²) in [5, 5.41) is 11.0. The first-order chi connectivity index (χ1) is 10.3. The van der Waals surface area contributed by atoms with Crippen molar-refractivity contribution in [2.24, 2.45) is 5.73 Å². The zero-order valence-corrected chi connectivity index (χ0v) is 11.4. The van der Waals surface area contributed by atoms with Crippen LogP contribution in [0.1, 0.15) is 18.5 Å². The summed E-state index contributed by atoms with van der Waals surface area (Å²) in [6.07, 6.45) is 0. The van der Waals surface area contributed by atoms with E-state index in [-0.39, 0.29) is 24.9 Å². The molecule has 0 unspecified atom stereocenters. The van der Waals surface area contributed by atoms with Crippen LogP contribution in [0.2, 0.25) is 0 Å². The number of fused-ring (bicyclic) bond motifs is 1. The second kappa shape index (κ2) is 5.72. The Bertz CT molecular complexity index is 622. The summed E-state index contributed by atoms with van der Waals surface area (Å²) in [7, 11) is 0. The van der Waals surface area contributed by atoms with Crippen LogP contribution in [0.15, 0.2) is 12.1 Å². The number of rotatable bonds is 5. The summed E-state index contributed by atoms with van der Waals surface area (Å²) in [6, 6.07) is -0.363. The number of nitro groups is 1. The Hall–Kier alpha value is -2.49. The number of esters is 1. The fourth-order valence-corrected chi connectivity index (χ4v) is 1.90. The molecule has 8 nitrogen and oxygen atoms in total. The number of alkyl halides is 2. The van der Waals surface area contributed by atoms with Crippen LogP contribution in [0.5, 0.6) is 11.5 Å². The third-order valence-electron chi connectivity index (χ3n) is 2.99. The highest BCUT2D eigenvalue weighted by atomic mass is 19.3. The SMILES string of the molecule is CCOC(=O)C(F)(F)[C@H](N)c1cc2c(cc1[N+](=O)[O-])OCO2. The van der Waals surface area contributed by atoms with Gasteiger partial charge in [-0.3, -0.25) is 10.1 Å². The molecule has 22 heavy (non-hydrogen) atoms. The van der Waals surface area contributed by atoms with Crippen LogP contribution < -0.4 is 15.2 Å². The molecule has 1 aliphatic heterocycles. The van der Waals surface area contributed by atoms with Gasteiger partial charge in [0.05, 0.1) is 23.2 Å². The normalized spacial score (nSPS) is 14.5. The Balaban J connectivity index is 2.46. The minimum atomic E-state index is -4.13. The Morgan fingerprint density at radius 3 is 2.64 bits per heavy atom. The van der Waals surface area contributed by atoms with Gasteiger partial charge < -0.3 is 19.9 Å². The molecule has 0 saturated heterocycles. The smallest absolute Gasteiger partial charge is 0.379 e. The molecular formula is C12H12F2N2O6. The summed E-state index contributed by atoms with van der Waals surface area (Å²) in [5.41, 5.74) is 4.14. The van der Waals surface area contributed by atoms with E-state index in [1.54, 1.807) is 0 Å². The van der Waals surface area contributed by atoms with Gasteiger partial charge in [-0.15, -0.1) is 0 Å². The van der Waals surface area contributed by atoms with E-state index < -0.39 is 34.1 Å². The molecule has 0 amide bonds. The van der Waals surface area contributed by atoms with Gasteiger partial charge in [-0.25, -0.2) is 4.79 Å². The monoisotopic (exact) mass is 318 g/mol. The molecule has 10 heteroatoms. The third-order valence-corrected chi connectivity index (χ3v) is 2.99. The predicted octanol–water partition coefficient (Wildman–Crippen LogP) is 1.52. The molecule has 1 atom stereocenters. The number of ether oxygens (including phenoxy) is 3. The van der Waals surface area contributed by atoms with E-state index in [1.165, 1.54) is 6.92 Å². The lowest BCUT2D eigenvalue weighted by Gasteiger charge is -2.21. The highest BCUT2D eigenvalue weighted by Crippen LogP contribution is 2.43. The van der Waals surface area contributed by atoms with Crippen LogP contribution in [-0.4, -0.2) is 30.2 Å². The molecule has 2 N–H and O–H groups in total. The van der Waals surface area contributed by atoms with E-state index in [2.05, 4.69) is 4.74 Å². The largest absolute Gasteiger partial charge is 0.462 e. The Kier molecular flexibility index (Phi) is 4.13. The average molecular weight is 318 g/mol. The minimum absolute atomic E-state index is 0.0377. The van der Waals surface area contributed by atoms with E-state index in [1.807, 2.05) is 0 Å². The molecular weight excluding hydrogens is 306 g/mol. The highest BCUT2D eigenvalue weighted by Gasteiger charge is 2.50. The third kappa shape index (κ3) is 2.64. The van der Waals surface area contributed by atoms with Crippen LogP contribution in [0.4, 0.5) is 14.5 Å². The van der Waals surface area contributed by atoms with Crippen LogP contribution >= 0.6 is 0 Å². The average Bonchev–Trinajstić information content (AvgIpc) is 2.92. The fourth-order valence-electron chi connectivity index (χ4n) is 1.90. The van der Waals surface area contributed by atoms with Gasteiger partial charge in [-0.2, -0.15) is 8.78 Å². The van der Waals surface area contributed by atoms with E-state index in [0.29, 0.717) is 0 Å². The standard InChI is InChI=1S/C12H12F2N2O6/c1-2-20-11(17)12(13,14)10(15)6-3-8-9(22-5-21-8)4-7(6)16(18)19/h3-4,10H,2,5,15H2,1H3/t10-/m1/s1. The molecule has 0 saturated carbocycles. The van der Waals surface area contributed by atoms with Crippen molar-refractivity contribution in [2.75, 3.05) is 13.4 Å². The number of carbonyl (C=O) groups is 1. The highest BCUT2D eigenvalue weighted by molar-refractivity contribution is 5.79. The molecule has 1 aromatic rings. The van der Waals surface area contributed by atoms with E-state index in [0.717, 1.165) is 12.1 Å². The Morgan fingerprint density at radius 1 is 1.50 bits per heavy atom. The fraction of sp³-hybridized carbons (Fsp3) is 0.417. The Morgan fingerprint density at radius 2 is 2.09 bits per heavy atom. The number of nitro benzene ring substituents is 1. The van der Waals surface area contributed by atoms with Gasteiger partial charge in [-0.05, 0) is 13.0 Å². The van der Waals surface area contributed by atoms with Gasteiger partial charge >= 0.3 is 11.9 Å². The molecule has 1 heterocycles. The number of carbonyl (C=O) groups excluding carboxylic acids is 1. The van der Waals surface area contributed by atoms with Crippen molar-refractivity contribution in [3.8, 4) is 11.5 Å². The summed E-state index contributed by atoms with van der Waals surface area (Å²) >= 11 is 0. The minimum Gasteiger partial charge on any atom is -0.462 e. The lowest BCUT2D eigenvalue weighted by atomic mass is 9.99. The first kappa shape index (κ1) is 15.9. The summed E-state index contributed by atoms with van der Waals surface area (Å²) in [5.74, 6) is -5.90. The maximum atomic E-state index is 14.0. The Labute approximate surface area is 122 Å². The molecule has 0 aromatic heterocycles. The molecule has 120 valence electrons. The van der Waals surface area contributed by atoms with Crippen molar-refractivity contribution in [2.45, 2.75) is 18.9 Å². The van der Waals surface area contributed by atoms with Gasteiger partial charge in [0.1, 0.15) is 6.04 Å². The van der Waals surface area contributed by atoms with Gasteiger partial charge in [0, 0.05) is 0 Å². The summed E-state index contributed by atoms with van der Waals surface area (Å²) in [4.78, 5) is 21.5. The molecule has 0 fully saturated rings. The second-order valence-corrected chi connectivity index (χ2v) is 4.34. The van der Waals surface area contributed by atoms with Crippen molar-refractivity contribution in [1.82, 2.24) is 0 Å². The summed E-state index contributed by atoms with van der Waals surface area (Å²) in [6.45, 7) is 0.881. The number of hydrogen-bond donors (Lipinski definition) is 1. The lowest BCUT2D eigenvalue weighted by molar-refractivity contribution is -0.386. The van der Waals surface area contributed by atoms with Crippen molar-refractivity contribution in [3.05, 3.63) is 27.8 Å². The molecule has 0 radical (unpaired) electrons. The van der Waals surface area contributed by atoms with Gasteiger partial charge in [-0.1, -0.05) is 0 Å². The maximum absolute atomic E-state index is 14.0. The molecule has 2 rings (SSSR count). The van der Waals surface area contributed by atoms with Crippen molar-refractivity contribution < 1.29 is 32.7 Å². The maximum Gasteiger partial charge on any atom is 0.379 e. The molecule has 1 aromatic carbocycles. The van der Waals surface area contributed by atoms with E-state index in [9.17, 15) is 23.7 Å². The second-order valence-electron chi connectivity index (χ2n) is 4.34. The predicted molar refractivity (Wildman–Crippen MR) is 67.7 cm³/mol. The molecule has 0 spiro atoms. The zero-order valence-electron chi connectivity index (χ0n) is 11.4. The van der Waals surface area contributed by atoms with Gasteiger partial charge in [0.25, 0.3) is 5.69 Å². The lowest BCUT2D eigenvalue weighted by Crippen LogP contribution is -2.42. The number of hydrogen-bond acceptors (Lipinski definition) is 7. The quantitative estimate of drug-likeness (QED) is 0.497. The first-order valence-electron chi connectivity index (χ1n) is 6.17. The first-order valence-corrected chi connectivity index (χ1v) is 6.17. The molecule has 0 bridgehead atoms. The van der Waals surface area contributed by atoms with Crippen LogP contribution in [-0.2, 0) is 9.53 Å². The van der Waals surface area contributed by atoms with E-state index in [4.69, 9.17) is 15.2 Å².